The Hall–Kier alpha value is -3.40. The van der Waals surface area contributed by atoms with E-state index in [1.807, 2.05) is 30.3 Å². The molecular formula is C20H14N4. The van der Waals surface area contributed by atoms with Crippen LogP contribution in [0, 0.1) is 0 Å². The molecule has 0 spiro atoms. The quantitative estimate of drug-likeness (QED) is 0.493. The number of benzene rings is 3. The smallest absolute Gasteiger partial charge is 0.138 e. The zero-order valence-corrected chi connectivity index (χ0v) is 12.8. The summed E-state index contributed by atoms with van der Waals surface area (Å²) < 4.78 is 0. The minimum atomic E-state index is 0.890. The van der Waals surface area contributed by atoms with Crippen molar-refractivity contribution < 1.29 is 0 Å². The van der Waals surface area contributed by atoms with Crippen LogP contribution in [0.3, 0.4) is 0 Å². The molecule has 3 aromatic carbocycles. The maximum atomic E-state index is 4.69. The summed E-state index contributed by atoms with van der Waals surface area (Å²) in [6.45, 7) is 0. The topological polar surface area (TPSA) is 57.4 Å². The number of fused-ring (bicyclic) bond motifs is 2. The molecule has 0 aliphatic heterocycles. The number of nitrogens with zero attached hydrogens (tertiary/aromatic N) is 2. The van der Waals surface area contributed by atoms with Crippen molar-refractivity contribution in [1.29, 1.82) is 0 Å². The number of nitrogens with one attached hydrogen (secondary N) is 2. The third kappa shape index (κ3) is 2.08. The SMILES string of the molecule is c1cc(-c2ccc3nc[nH]c3c2)cc(-c2nc3ccccc3[nH]2)c1. The second-order valence-corrected chi connectivity index (χ2v) is 5.82. The van der Waals surface area contributed by atoms with E-state index in [2.05, 4.69) is 56.3 Å². The Morgan fingerprint density at radius 3 is 2.50 bits per heavy atom. The predicted molar refractivity (Wildman–Crippen MR) is 96.6 cm³/mol. The highest BCUT2D eigenvalue weighted by Crippen LogP contribution is 2.27. The number of hydrogen-bond donors (Lipinski definition) is 2. The summed E-state index contributed by atoms with van der Waals surface area (Å²) in [5, 5.41) is 0. The lowest BCUT2D eigenvalue weighted by molar-refractivity contribution is 1.34. The van der Waals surface area contributed by atoms with Crippen LogP contribution in [0.1, 0.15) is 0 Å². The standard InChI is InChI=1S/C20H14N4/c1-2-7-18-17(6-1)23-20(24-18)15-5-3-4-13(10-15)14-8-9-16-19(11-14)22-12-21-16/h1-12H,(H,21,22)(H,23,24). The van der Waals surface area contributed by atoms with Gasteiger partial charge in [-0.05, 0) is 41.5 Å². The highest BCUT2D eigenvalue weighted by Gasteiger charge is 2.07. The van der Waals surface area contributed by atoms with Crippen LogP contribution in [0.25, 0.3) is 44.6 Å². The van der Waals surface area contributed by atoms with Gasteiger partial charge in [0.25, 0.3) is 0 Å². The molecule has 5 rings (SSSR count). The van der Waals surface area contributed by atoms with Crippen molar-refractivity contribution in [2.24, 2.45) is 0 Å². The van der Waals surface area contributed by atoms with Gasteiger partial charge in [0.1, 0.15) is 5.82 Å². The molecule has 2 heterocycles. The number of H-pyrrole nitrogens is 2. The first-order chi connectivity index (χ1) is 11.9. The normalized spacial score (nSPS) is 11.3. The molecule has 2 aromatic heterocycles. The van der Waals surface area contributed by atoms with E-state index in [4.69, 9.17) is 0 Å². The van der Waals surface area contributed by atoms with Crippen molar-refractivity contribution in [3.63, 3.8) is 0 Å². The lowest BCUT2D eigenvalue weighted by atomic mass is 10.0. The van der Waals surface area contributed by atoms with Crippen LogP contribution in [0.15, 0.2) is 73.1 Å². The fourth-order valence-corrected chi connectivity index (χ4v) is 3.05. The maximum absolute atomic E-state index is 4.69. The van der Waals surface area contributed by atoms with Gasteiger partial charge in [-0.15, -0.1) is 0 Å². The van der Waals surface area contributed by atoms with Crippen molar-refractivity contribution >= 4 is 22.1 Å². The Bertz CT molecular complexity index is 1120. The van der Waals surface area contributed by atoms with Crippen LogP contribution in [-0.2, 0) is 0 Å². The second kappa shape index (κ2) is 5.06. The van der Waals surface area contributed by atoms with E-state index in [0.717, 1.165) is 44.6 Å². The molecule has 0 radical (unpaired) electrons. The van der Waals surface area contributed by atoms with Gasteiger partial charge >= 0.3 is 0 Å². The molecule has 0 saturated heterocycles. The van der Waals surface area contributed by atoms with Crippen molar-refractivity contribution in [2.45, 2.75) is 0 Å². The van der Waals surface area contributed by atoms with E-state index in [9.17, 15) is 0 Å². The first-order valence-electron chi connectivity index (χ1n) is 7.85. The van der Waals surface area contributed by atoms with Crippen molar-refractivity contribution in [3.8, 4) is 22.5 Å². The van der Waals surface area contributed by atoms with E-state index in [0.29, 0.717) is 0 Å². The summed E-state index contributed by atoms with van der Waals surface area (Å²) in [6, 6.07) is 22.8. The molecule has 0 atom stereocenters. The zero-order valence-electron chi connectivity index (χ0n) is 12.8. The third-order valence-corrected chi connectivity index (χ3v) is 4.28. The van der Waals surface area contributed by atoms with Crippen molar-refractivity contribution in [1.82, 2.24) is 19.9 Å². The van der Waals surface area contributed by atoms with E-state index in [1.165, 1.54) is 0 Å². The van der Waals surface area contributed by atoms with E-state index < -0.39 is 0 Å². The van der Waals surface area contributed by atoms with E-state index in [-0.39, 0.29) is 0 Å². The highest BCUT2D eigenvalue weighted by atomic mass is 14.9. The minimum Gasteiger partial charge on any atom is -0.345 e. The molecule has 0 fully saturated rings. The second-order valence-electron chi connectivity index (χ2n) is 5.82. The number of para-hydroxylation sites is 2. The van der Waals surface area contributed by atoms with Gasteiger partial charge in [0.15, 0.2) is 0 Å². The number of hydrogen-bond acceptors (Lipinski definition) is 2. The zero-order chi connectivity index (χ0) is 15.9. The van der Waals surface area contributed by atoms with Crippen LogP contribution in [0.2, 0.25) is 0 Å². The van der Waals surface area contributed by atoms with Gasteiger partial charge in [-0.3, -0.25) is 0 Å². The molecule has 2 N–H and O–H groups in total. The fourth-order valence-electron chi connectivity index (χ4n) is 3.05. The van der Waals surface area contributed by atoms with Gasteiger partial charge in [-0.1, -0.05) is 36.4 Å². The van der Waals surface area contributed by atoms with Gasteiger partial charge in [0, 0.05) is 5.56 Å². The molecule has 0 aliphatic rings. The highest BCUT2D eigenvalue weighted by molar-refractivity contribution is 5.83. The Labute approximate surface area is 138 Å². The molecular weight excluding hydrogens is 296 g/mol. The first-order valence-corrected chi connectivity index (χ1v) is 7.85. The number of imidazole rings is 2. The molecule has 114 valence electrons. The Kier molecular flexibility index (Phi) is 2.76. The summed E-state index contributed by atoms with van der Waals surface area (Å²) in [5.74, 6) is 0.890. The largest absolute Gasteiger partial charge is 0.345 e. The molecule has 0 saturated carbocycles. The molecule has 24 heavy (non-hydrogen) atoms. The Morgan fingerprint density at radius 1 is 0.667 bits per heavy atom. The van der Waals surface area contributed by atoms with Gasteiger partial charge in [-0.2, -0.15) is 0 Å². The lowest BCUT2D eigenvalue weighted by Crippen LogP contribution is -1.83. The predicted octanol–water partition coefficient (Wildman–Crippen LogP) is 4.77. The lowest BCUT2D eigenvalue weighted by Gasteiger charge is -2.04. The van der Waals surface area contributed by atoms with Crippen molar-refractivity contribution in [2.75, 3.05) is 0 Å². The Morgan fingerprint density at radius 2 is 1.54 bits per heavy atom. The van der Waals surface area contributed by atoms with Crippen LogP contribution >= 0.6 is 0 Å². The van der Waals surface area contributed by atoms with Crippen LogP contribution in [0.5, 0.6) is 0 Å². The third-order valence-electron chi connectivity index (χ3n) is 4.28. The summed E-state index contributed by atoms with van der Waals surface area (Å²) in [7, 11) is 0. The molecule has 0 amide bonds. The maximum Gasteiger partial charge on any atom is 0.138 e. The first kappa shape index (κ1) is 13.1. The van der Waals surface area contributed by atoms with Gasteiger partial charge < -0.3 is 9.97 Å². The number of rotatable bonds is 2. The van der Waals surface area contributed by atoms with Gasteiger partial charge in [-0.25, -0.2) is 9.97 Å². The molecule has 0 bridgehead atoms. The molecule has 4 nitrogen and oxygen atoms in total. The summed E-state index contributed by atoms with van der Waals surface area (Å²) >= 11 is 0. The van der Waals surface area contributed by atoms with Crippen LogP contribution < -0.4 is 0 Å². The average molecular weight is 310 g/mol. The number of aromatic amines is 2. The summed E-state index contributed by atoms with van der Waals surface area (Å²) in [4.78, 5) is 15.5. The average Bonchev–Trinajstić information content (AvgIpc) is 3.27. The molecule has 0 aliphatic carbocycles. The molecule has 4 heteroatoms. The molecule has 0 unspecified atom stereocenters. The monoisotopic (exact) mass is 310 g/mol. The summed E-state index contributed by atoms with van der Waals surface area (Å²) in [6.07, 6.45) is 1.72. The van der Waals surface area contributed by atoms with Crippen LogP contribution in [0.4, 0.5) is 0 Å². The van der Waals surface area contributed by atoms with Crippen molar-refractivity contribution in [3.05, 3.63) is 73.1 Å². The van der Waals surface area contributed by atoms with E-state index in [1.54, 1.807) is 6.33 Å². The van der Waals surface area contributed by atoms with Gasteiger partial charge in [0.05, 0.1) is 28.4 Å². The van der Waals surface area contributed by atoms with Gasteiger partial charge in [0.2, 0.25) is 0 Å². The fraction of sp³-hybridized carbons (Fsp3) is 0. The molecule has 5 aromatic rings. The van der Waals surface area contributed by atoms with Crippen LogP contribution in [-0.4, -0.2) is 19.9 Å². The minimum absolute atomic E-state index is 0.890. The Balaban J connectivity index is 1.62. The summed E-state index contributed by atoms with van der Waals surface area (Å²) in [5.41, 5.74) is 7.45. The van der Waals surface area contributed by atoms with E-state index >= 15 is 0 Å². The number of aromatic nitrogens is 4.